The Hall–Kier alpha value is -2.34. The van der Waals surface area contributed by atoms with Crippen molar-refractivity contribution in [3.63, 3.8) is 0 Å². The molecule has 0 aliphatic carbocycles. The van der Waals surface area contributed by atoms with Crippen molar-refractivity contribution in [1.82, 2.24) is 5.48 Å². The van der Waals surface area contributed by atoms with Gasteiger partial charge >= 0.3 is 5.97 Å². The van der Waals surface area contributed by atoms with Crippen LogP contribution in [-0.2, 0) is 9.63 Å². The van der Waals surface area contributed by atoms with Gasteiger partial charge < -0.3 is 9.84 Å². The number of nitrogens with one attached hydrogen (secondary N) is 1. The van der Waals surface area contributed by atoms with Gasteiger partial charge in [-0.05, 0) is 24.3 Å². The second-order valence-corrected chi connectivity index (χ2v) is 3.24. The number of carbonyl (C=O) groups is 2. The topological polar surface area (TPSA) is 84.9 Å². The molecule has 0 aromatic heterocycles. The summed E-state index contributed by atoms with van der Waals surface area (Å²) in [6.07, 6.45) is 1.61. The highest BCUT2D eigenvalue weighted by molar-refractivity contribution is 5.93. The van der Waals surface area contributed by atoms with Crippen LogP contribution in [-0.4, -0.2) is 30.2 Å². The number of rotatable bonds is 7. The maximum absolute atomic E-state index is 11.5. The minimum absolute atomic E-state index is 0.339. The normalized spacial score (nSPS) is 9.56. The van der Waals surface area contributed by atoms with Crippen molar-refractivity contribution in [3.8, 4) is 5.75 Å². The number of hydrogen-bond donors (Lipinski definition) is 2. The van der Waals surface area contributed by atoms with Crippen molar-refractivity contribution < 1.29 is 24.3 Å². The zero-order chi connectivity index (χ0) is 13.4. The highest BCUT2D eigenvalue weighted by Crippen LogP contribution is 2.11. The number of ether oxygens (including phenoxy) is 1. The lowest BCUT2D eigenvalue weighted by molar-refractivity contribution is -0.144. The molecule has 1 aromatic rings. The summed E-state index contributed by atoms with van der Waals surface area (Å²) in [5.41, 5.74) is 2.36. The molecule has 0 spiro atoms. The monoisotopic (exact) mass is 251 g/mol. The fourth-order valence-corrected chi connectivity index (χ4v) is 1.08. The van der Waals surface area contributed by atoms with Crippen LogP contribution in [0.1, 0.15) is 10.4 Å². The second-order valence-electron chi connectivity index (χ2n) is 3.24. The minimum atomic E-state index is -1.16. The molecule has 1 amide bonds. The van der Waals surface area contributed by atoms with Gasteiger partial charge in [0.05, 0.1) is 0 Å². The first-order valence-electron chi connectivity index (χ1n) is 5.11. The van der Waals surface area contributed by atoms with E-state index in [0.717, 1.165) is 0 Å². The number of carbonyl (C=O) groups excluding carboxylic acids is 1. The Balaban J connectivity index is 2.48. The van der Waals surface area contributed by atoms with Crippen LogP contribution in [0, 0.1) is 0 Å². The van der Waals surface area contributed by atoms with Gasteiger partial charge in [0.25, 0.3) is 5.91 Å². The summed E-state index contributed by atoms with van der Waals surface area (Å²) in [4.78, 5) is 26.1. The van der Waals surface area contributed by atoms with E-state index >= 15 is 0 Å². The molecule has 0 saturated heterocycles. The number of carboxylic acids is 1. The molecule has 2 N–H and O–H groups in total. The third-order valence-electron chi connectivity index (χ3n) is 1.84. The number of amides is 1. The lowest BCUT2D eigenvalue weighted by Crippen LogP contribution is -2.26. The summed E-state index contributed by atoms with van der Waals surface area (Å²) in [5, 5.41) is 8.31. The molecular weight excluding hydrogens is 238 g/mol. The highest BCUT2D eigenvalue weighted by Gasteiger charge is 2.06. The number of hydrogen-bond acceptors (Lipinski definition) is 4. The van der Waals surface area contributed by atoms with Crippen molar-refractivity contribution in [1.29, 1.82) is 0 Å². The Kier molecular flexibility index (Phi) is 5.40. The number of carboxylic acid groups (broad SMARTS) is 1. The highest BCUT2D eigenvalue weighted by atomic mass is 16.7. The molecule has 0 radical (unpaired) electrons. The van der Waals surface area contributed by atoms with Crippen LogP contribution < -0.4 is 10.2 Å². The van der Waals surface area contributed by atoms with Crippen LogP contribution in [0.25, 0.3) is 0 Å². The van der Waals surface area contributed by atoms with Gasteiger partial charge in [0.2, 0.25) is 0 Å². The van der Waals surface area contributed by atoms with E-state index in [-0.39, 0.29) is 0 Å². The van der Waals surface area contributed by atoms with E-state index in [9.17, 15) is 9.59 Å². The van der Waals surface area contributed by atoms with Gasteiger partial charge in [0, 0.05) is 5.56 Å². The predicted octanol–water partition coefficient (Wildman–Crippen LogP) is 0.997. The van der Waals surface area contributed by atoms with Crippen molar-refractivity contribution in [3.05, 3.63) is 42.5 Å². The molecule has 0 heterocycles. The lowest BCUT2D eigenvalue weighted by atomic mass is 10.2. The summed E-state index contributed by atoms with van der Waals surface area (Å²) in [6, 6.07) is 6.32. The van der Waals surface area contributed by atoms with E-state index in [1.54, 1.807) is 18.2 Å². The minimum Gasteiger partial charge on any atom is -0.490 e. The fraction of sp³-hybridized carbons (Fsp3) is 0.167. The van der Waals surface area contributed by atoms with Crippen molar-refractivity contribution in [2.75, 3.05) is 13.2 Å². The summed E-state index contributed by atoms with van der Waals surface area (Å²) >= 11 is 0. The summed E-state index contributed by atoms with van der Waals surface area (Å²) in [7, 11) is 0. The summed E-state index contributed by atoms with van der Waals surface area (Å²) < 4.78 is 5.24. The van der Waals surface area contributed by atoms with Gasteiger partial charge in [-0.2, -0.15) is 0 Å². The molecule has 0 atom stereocenters. The average molecular weight is 251 g/mol. The molecule has 6 heteroatoms. The van der Waals surface area contributed by atoms with Crippen molar-refractivity contribution >= 4 is 11.9 Å². The molecule has 0 saturated carbocycles. The fourth-order valence-electron chi connectivity index (χ4n) is 1.08. The zero-order valence-corrected chi connectivity index (χ0v) is 9.59. The molecule has 1 aromatic carbocycles. The van der Waals surface area contributed by atoms with E-state index < -0.39 is 18.5 Å². The van der Waals surface area contributed by atoms with Crippen LogP contribution in [0.5, 0.6) is 5.75 Å². The number of aliphatic carboxylic acids is 1. The zero-order valence-electron chi connectivity index (χ0n) is 9.59. The first-order chi connectivity index (χ1) is 8.63. The van der Waals surface area contributed by atoms with E-state index in [1.165, 1.54) is 12.1 Å². The molecule has 0 fully saturated rings. The largest absolute Gasteiger partial charge is 0.490 e. The Morgan fingerprint density at radius 2 is 2.00 bits per heavy atom. The molecule has 1 rings (SSSR count). The molecule has 0 unspecified atom stereocenters. The first-order valence-corrected chi connectivity index (χ1v) is 5.11. The van der Waals surface area contributed by atoms with Crippen LogP contribution in [0.15, 0.2) is 36.9 Å². The smallest absolute Gasteiger partial charge is 0.332 e. The van der Waals surface area contributed by atoms with Gasteiger partial charge in [0.1, 0.15) is 12.4 Å². The lowest BCUT2D eigenvalue weighted by Gasteiger charge is -2.05. The van der Waals surface area contributed by atoms with E-state index in [2.05, 4.69) is 11.4 Å². The van der Waals surface area contributed by atoms with Crippen molar-refractivity contribution in [2.24, 2.45) is 0 Å². The van der Waals surface area contributed by atoms with Gasteiger partial charge in [-0.15, -0.1) is 0 Å². The molecule has 18 heavy (non-hydrogen) atoms. The van der Waals surface area contributed by atoms with E-state index in [0.29, 0.717) is 17.9 Å². The third kappa shape index (κ3) is 4.67. The SMILES string of the molecule is C=CCOc1ccc(C(=O)NOCC(=O)O)cc1. The van der Waals surface area contributed by atoms with Crippen LogP contribution >= 0.6 is 0 Å². The molecular formula is C12H13NO5. The summed E-state index contributed by atoms with van der Waals surface area (Å²) in [6.45, 7) is 3.31. The van der Waals surface area contributed by atoms with Crippen molar-refractivity contribution in [2.45, 2.75) is 0 Å². The second kappa shape index (κ2) is 7.08. The molecule has 0 bridgehead atoms. The molecule has 0 aliphatic heterocycles. The van der Waals surface area contributed by atoms with E-state index in [1.807, 2.05) is 5.48 Å². The van der Waals surface area contributed by atoms with Crippen LogP contribution in [0.3, 0.4) is 0 Å². The summed E-state index contributed by atoms with van der Waals surface area (Å²) in [5.74, 6) is -1.08. The number of benzene rings is 1. The van der Waals surface area contributed by atoms with E-state index in [4.69, 9.17) is 9.84 Å². The van der Waals surface area contributed by atoms with Crippen LogP contribution in [0.4, 0.5) is 0 Å². The Bertz CT molecular complexity index is 427. The van der Waals surface area contributed by atoms with Gasteiger partial charge in [-0.1, -0.05) is 12.7 Å². The maximum Gasteiger partial charge on any atom is 0.332 e. The number of hydroxylamine groups is 1. The third-order valence-corrected chi connectivity index (χ3v) is 1.84. The maximum atomic E-state index is 11.5. The standard InChI is InChI=1S/C12H13NO5/c1-2-7-17-10-5-3-9(4-6-10)12(16)13-18-8-11(14)15/h2-6H,1,7-8H2,(H,13,16)(H,14,15). The Labute approximate surface area is 104 Å². The Morgan fingerprint density at radius 1 is 1.33 bits per heavy atom. The molecule has 0 aliphatic rings. The van der Waals surface area contributed by atoms with Gasteiger partial charge in [0.15, 0.2) is 6.61 Å². The van der Waals surface area contributed by atoms with Gasteiger partial charge in [-0.3, -0.25) is 9.63 Å². The molecule has 96 valence electrons. The predicted molar refractivity (Wildman–Crippen MR) is 63.2 cm³/mol. The van der Waals surface area contributed by atoms with Crippen LogP contribution in [0.2, 0.25) is 0 Å². The Morgan fingerprint density at radius 3 is 2.56 bits per heavy atom. The van der Waals surface area contributed by atoms with Gasteiger partial charge in [-0.25, -0.2) is 10.3 Å². The first kappa shape index (κ1) is 13.7. The average Bonchev–Trinajstić information content (AvgIpc) is 2.36. The molecule has 6 nitrogen and oxygen atoms in total. The quantitative estimate of drug-likeness (QED) is 0.557.